The maximum absolute atomic E-state index is 13.0. The first-order valence-corrected chi connectivity index (χ1v) is 9.77. The van der Waals surface area contributed by atoms with Gasteiger partial charge in [0.25, 0.3) is 0 Å². The maximum atomic E-state index is 13.0. The van der Waals surface area contributed by atoms with Gasteiger partial charge < -0.3 is 10.1 Å². The molecule has 142 valence electrons. The number of pyridine rings is 1. The first-order chi connectivity index (χ1) is 12.7. The second-order valence-corrected chi connectivity index (χ2v) is 7.78. The Hall–Kier alpha value is -1.54. The van der Waals surface area contributed by atoms with E-state index in [0.717, 1.165) is 57.7 Å². The highest BCUT2D eigenvalue weighted by Crippen LogP contribution is 2.31. The number of hydrazine groups is 1. The van der Waals surface area contributed by atoms with Crippen molar-refractivity contribution in [3.05, 3.63) is 30.1 Å². The average molecular weight is 359 g/mol. The van der Waals surface area contributed by atoms with Crippen molar-refractivity contribution in [3.63, 3.8) is 0 Å². The van der Waals surface area contributed by atoms with E-state index in [-0.39, 0.29) is 23.5 Å². The summed E-state index contributed by atoms with van der Waals surface area (Å²) in [5, 5.41) is 3.42. The first-order valence-electron chi connectivity index (χ1n) is 9.77. The van der Waals surface area contributed by atoms with Crippen molar-refractivity contribution in [3.8, 4) is 0 Å². The third-order valence-corrected chi connectivity index (χ3v) is 5.91. The third-order valence-electron chi connectivity index (χ3n) is 5.91. The molecule has 7 heteroatoms. The predicted molar refractivity (Wildman–Crippen MR) is 98.3 cm³/mol. The number of ether oxygens (including phenoxy) is 1. The summed E-state index contributed by atoms with van der Waals surface area (Å²) in [6, 6.07) is 3.94. The Morgan fingerprint density at radius 1 is 1.23 bits per heavy atom. The number of carbonyl (C=O) groups is 1. The van der Waals surface area contributed by atoms with Crippen molar-refractivity contribution in [1.29, 1.82) is 0 Å². The number of aromatic nitrogens is 1. The molecule has 1 aromatic heterocycles. The molecule has 3 fully saturated rings. The summed E-state index contributed by atoms with van der Waals surface area (Å²) < 4.78 is 5.46. The maximum Gasteiger partial charge on any atom is 0.239 e. The molecule has 0 spiro atoms. The van der Waals surface area contributed by atoms with E-state index >= 15 is 0 Å². The second kappa shape index (κ2) is 8.00. The van der Waals surface area contributed by atoms with E-state index in [2.05, 4.69) is 26.1 Å². The van der Waals surface area contributed by atoms with Gasteiger partial charge in [0, 0.05) is 38.1 Å². The molecule has 2 aliphatic heterocycles. The van der Waals surface area contributed by atoms with Crippen LogP contribution in [-0.2, 0) is 9.53 Å². The molecular formula is C19H29N5O2. The van der Waals surface area contributed by atoms with Crippen LogP contribution in [0.2, 0.25) is 0 Å². The molecular weight excluding hydrogens is 330 g/mol. The van der Waals surface area contributed by atoms with Crippen molar-refractivity contribution < 1.29 is 9.53 Å². The Kier molecular flexibility index (Phi) is 5.49. The zero-order valence-corrected chi connectivity index (χ0v) is 15.2. The molecule has 1 amide bonds. The molecule has 7 nitrogen and oxygen atoms in total. The molecule has 1 aromatic rings. The minimum atomic E-state index is -0.199. The molecule has 4 rings (SSSR count). The van der Waals surface area contributed by atoms with E-state index in [0.29, 0.717) is 0 Å². The third kappa shape index (κ3) is 4.06. The summed E-state index contributed by atoms with van der Waals surface area (Å²) in [6.07, 6.45) is 8.87. The molecule has 3 aliphatic rings. The quantitative estimate of drug-likeness (QED) is 0.720. The van der Waals surface area contributed by atoms with Crippen molar-refractivity contribution in [1.82, 2.24) is 26.1 Å². The molecule has 0 aromatic carbocycles. The van der Waals surface area contributed by atoms with Gasteiger partial charge in [-0.3, -0.25) is 14.7 Å². The molecule has 3 heterocycles. The van der Waals surface area contributed by atoms with Crippen LogP contribution in [0, 0.1) is 0 Å². The Bertz CT molecular complexity index is 599. The average Bonchev–Trinajstić information content (AvgIpc) is 3.33. The standard InChI is InChI=1S/C19H29N5O2/c25-18(17-13-16(22-23-17)15-3-7-20-8-4-15)21-19(5-1-2-6-19)14-24-9-11-26-12-10-24/h3-4,7-8,16-17,22-23H,1-2,5-6,9-14H2,(H,21,25). The fourth-order valence-corrected chi connectivity index (χ4v) is 4.45. The number of nitrogens with zero attached hydrogens (tertiary/aromatic N) is 2. The van der Waals surface area contributed by atoms with Gasteiger partial charge in [-0.25, -0.2) is 10.9 Å². The number of hydrogen-bond donors (Lipinski definition) is 3. The molecule has 0 bridgehead atoms. The van der Waals surface area contributed by atoms with Gasteiger partial charge in [-0.2, -0.15) is 0 Å². The summed E-state index contributed by atoms with van der Waals surface area (Å²) in [6.45, 7) is 4.46. The minimum absolute atomic E-state index is 0.0785. The minimum Gasteiger partial charge on any atom is -0.379 e. The molecule has 0 radical (unpaired) electrons. The lowest BCUT2D eigenvalue weighted by molar-refractivity contribution is -0.125. The number of nitrogens with one attached hydrogen (secondary N) is 3. The van der Waals surface area contributed by atoms with Crippen LogP contribution >= 0.6 is 0 Å². The SMILES string of the molecule is O=C(NC1(CN2CCOCC2)CCCC1)C1CC(c2ccncc2)NN1. The summed E-state index contributed by atoms with van der Waals surface area (Å²) >= 11 is 0. The van der Waals surface area contributed by atoms with Crippen molar-refractivity contribution in [2.75, 3.05) is 32.8 Å². The highest BCUT2D eigenvalue weighted by molar-refractivity contribution is 5.83. The van der Waals surface area contributed by atoms with Gasteiger partial charge in [-0.1, -0.05) is 12.8 Å². The van der Waals surface area contributed by atoms with Gasteiger partial charge in [-0.05, 0) is 37.0 Å². The lowest BCUT2D eigenvalue weighted by atomic mass is 9.95. The molecule has 2 atom stereocenters. The van der Waals surface area contributed by atoms with Gasteiger partial charge >= 0.3 is 0 Å². The predicted octanol–water partition coefficient (Wildman–Crippen LogP) is 0.750. The van der Waals surface area contributed by atoms with Crippen molar-refractivity contribution in [2.24, 2.45) is 0 Å². The number of carbonyl (C=O) groups excluding carboxylic acids is 1. The fourth-order valence-electron chi connectivity index (χ4n) is 4.45. The van der Waals surface area contributed by atoms with E-state index in [9.17, 15) is 4.79 Å². The number of amides is 1. The highest BCUT2D eigenvalue weighted by Gasteiger charge is 2.40. The van der Waals surface area contributed by atoms with Crippen LogP contribution in [0.25, 0.3) is 0 Å². The van der Waals surface area contributed by atoms with Gasteiger partial charge in [0.1, 0.15) is 6.04 Å². The normalized spacial score (nSPS) is 28.9. The Labute approximate surface area is 154 Å². The molecule has 2 unspecified atom stereocenters. The summed E-state index contributed by atoms with van der Waals surface area (Å²) in [5.41, 5.74) is 7.52. The topological polar surface area (TPSA) is 78.5 Å². The van der Waals surface area contributed by atoms with Gasteiger partial charge in [0.05, 0.1) is 18.8 Å². The van der Waals surface area contributed by atoms with Gasteiger partial charge in [-0.15, -0.1) is 0 Å². The smallest absolute Gasteiger partial charge is 0.239 e. The zero-order chi connectivity index (χ0) is 17.8. The molecule has 1 saturated carbocycles. The van der Waals surface area contributed by atoms with Crippen LogP contribution in [0.5, 0.6) is 0 Å². The molecule has 3 N–H and O–H groups in total. The largest absolute Gasteiger partial charge is 0.379 e. The van der Waals surface area contributed by atoms with E-state index in [1.165, 1.54) is 12.8 Å². The van der Waals surface area contributed by atoms with Crippen molar-refractivity contribution in [2.45, 2.75) is 49.7 Å². The first kappa shape index (κ1) is 17.9. The molecule has 2 saturated heterocycles. The lowest BCUT2D eigenvalue weighted by Crippen LogP contribution is -2.58. The monoisotopic (exact) mass is 359 g/mol. The summed E-state index contributed by atoms with van der Waals surface area (Å²) in [4.78, 5) is 19.5. The highest BCUT2D eigenvalue weighted by atomic mass is 16.5. The van der Waals surface area contributed by atoms with E-state index in [1.807, 2.05) is 12.1 Å². The molecule has 1 aliphatic carbocycles. The Balaban J connectivity index is 1.36. The lowest BCUT2D eigenvalue weighted by Gasteiger charge is -2.38. The molecule has 26 heavy (non-hydrogen) atoms. The summed E-state index contributed by atoms with van der Waals surface area (Å²) in [7, 11) is 0. The Morgan fingerprint density at radius 2 is 1.96 bits per heavy atom. The van der Waals surface area contributed by atoms with Gasteiger partial charge in [0.15, 0.2) is 0 Å². The number of rotatable bonds is 5. The van der Waals surface area contributed by atoms with Crippen LogP contribution in [0.1, 0.15) is 43.7 Å². The Morgan fingerprint density at radius 3 is 2.69 bits per heavy atom. The van der Waals surface area contributed by atoms with E-state index in [1.54, 1.807) is 12.4 Å². The van der Waals surface area contributed by atoms with Crippen LogP contribution in [0.3, 0.4) is 0 Å². The number of morpholine rings is 1. The van der Waals surface area contributed by atoms with Gasteiger partial charge in [0.2, 0.25) is 5.91 Å². The van der Waals surface area contributed by atoms with E-state index < -0.39 is 0 Å². The fraction of sp³-hybridized carbons (Fsp3) is 0.684. The van der Waals surface area contributed by atoms with Crippen LogP contribution in [-0.4, -0.2) is 60.2 Å². The van der Waals surface area contributed by atoms with Crippen LogP contribution in [0.4, 0.5) is 0 Å². The van der Waals surface area contributed by atoms with Crippen LogP contribution < -0.4 is 16.2 Å². The van der Waals surface area contributed by atoms with Crippen molar-refractivity contribution >= 4 is 5.91 Å². The summed E-state index contributed by atoms with van der Waals surface area (Å²) in [5.74, 6) is 0.115. The number of hydrogen-bond acceptors (Lipinski definition) is 6. The van der Waals surface area contributed by atoms with Crippen LogP contribution in [0.15, 0.2) is 24.5 Å². The zero-order valence-electron chi connectivity index (χ0n) is 15.2. The van der Waals surface area contributed by atoms with E-state index in [4.69, 9.17) is 4.74 Å². The second-order valence-electron chi connectivity index (χ2n) is 7.78.